The molecule has 164 valence electrons. The zero-order valence-corrected chi connectivity index (χ0v) is 18.6. The second kappa shape index (κ2) is 9.79. The number of rotatable bonds is 8. The molecule has 0 aliphatic carbocycles. The zero-order chi connectivity index (χ0) is 22.5. The molecular weight excluding hydrogens is 392 g/mol. The number of Topliss-reactive ketones (excluding diaryl/α,β-unsaturated/α-hetero) is 1. The molecule has 0 spiro atoms. The lowest BCUT2D eigenvalue weighted by Gasteiger charge is -2.26. The van der Waals surface area contributed by atoms with Crippen molar-refractivity contribution in [3.8, 4) is 5.75 Å². The maximum atomic E-state index is 13.0. The topological polar surface area (TPSA) is 70.1 Å². The monoisotopic (exact) mass is 422 g/mol. The van der Waals surface area contributed by atoms with E-state index in [1.165, 1.54) is 0 Å². The third-order valence-corrected chi connectivity index (χ3v) is 5.30. The van der Waals surface area contributed by atoms with E-state index in [2.05, 4.69) is 0 Å². The van der Waals surface area contributed by atoms with Crippen LogP contribution in [0.5, 0.6) is 5.75 Å². The summed E-state index contributed by atoms with van der Waals surface area (Å²) in [5, 5.41) is 11.2. The summed E-state index contributed by atoms with van der Waals surface area (Å²) in [6.07, 6.45) is 0.862. The van der Waals surface area contributed by atoms with Crippen molar-refractivity contribution in [2.24, 2.45) is 0 Å². The summed E-state index contributed by atoms with van der Waals surface area (Å²) in [4.78, 5) is 29.4. The Bertz CT molecular complexity index is 979. The Morgan fingerprint density at radius 3 is 2.48 bits per heavy atom. The van der Waals surface area contributed by atoms with E-state index in [0.717, 1.165) is 17.5 Å². The van der Waals surface area contributed by atoms with E-state index >= 15 is 0 Å². The molecule has 0 bridgehead atoms. The molecule has 6 nitrogen and oxygen atoms in total. The third-order valence-electron chi connectivity index (χ3n) is 5.30. The minimum atomic E-state index is -0.665. The third kappa shape index (κ3) is 4.97. The largest absolute Gasteiger partial charge is 0.507 e. The van der Waals surface area contributed by atoms with Gasteiger partial charge in [0.2, 0.25) is 0 Å². The quantitative estimate of drug-likeness (QED) is 0.398. The number of ether oxygens (including phenoxy) is 1. The summed E-state index contributed by atoms with van der Waals surface area (Å²) in [5.41, 5.74) is 2.44. The number of hydrogen-bond donors (Lipinski definition) is 1. The molecule has 1 unspecified atom stereocenters. The average molecular weight is 423 g/mol. The van der Waals surface area contributed by atoms with E-state index in [9.17, 15) is 14.7 Å². The maximum absolute atomic E-state index is 13.0. The predicted molar refractivity (Wildman–Crippen MR) is 121 cm³/mol. The lowest BCUT2D eigenvalue weighted by atomic mass is 9.94. The number of aliphatic hydroxyl groups is 1. The fourth-order valence-electron chi connectivity index (χ4n) is 3.62. The Morgan fingerprint density at radius 1 is 1.13 bits per heavy atom. The Morgan fingerprint density at radius 2 is 1.84 bits per heavy atom. The van der Waals surface area contributed by atoms with Crippen LogP contribution in [0.25, 0.3) is 5.76 Å². The molecule has 1 N–H and O–H groups in total. The van der Waals surface area contributed by atoms with Gasteiger partial charge in [0.15, 0.2) is 0 Å². The number of carbonyl (C=O) groups is 2. The van der Waals surface area contributed by atoms with Gasteiger partial charge in [-0.3, -0.25) is 9.59 Å². The number of likely N-dealkylation sites (N-methyl/N-ethyl adjacent to an activating group) is 1. The zero-order valence-electron chi connectivity index (χ0n) is 18.6. The molecule has 1 saturated heterocycles. The Labute approximate surface area is 183 Å². The number of aliphatic hydroxyl groups excluding tert-OH is 1. The highest BCUT2D eigenvalue weighted by Gasteiger charge is 2.45. The van der Waals surface area contributed by atoms with Gasteiger partial charge in [-0.05, 0) is 45.1 Å². The van der Waals surface area contributed by atoms with Crippen molar-refractivity contribution in [2.45, 2.75) is 26.3 Å². The number of likely N-dealkylation sites (tertiary alicyclic amines) is 1. The summed E-state index contributed by atoms with van der Waals surface area (Å²) in [5.74, 6) is -0.827. The van der Waals surface area contributed by atoms with Gasteiger partial charge < -0.3 is 19.6 Å². The van der Waals surface area contributed by atoms with Crippen LogP contribution < -0.4 is 4.74 Å². The van der Waals surface area contributed by atoms with Crippen molar-refractivity contribution >= 4 is 17.4 Å². The van der Waals surface area contributed by atoms with Crippen molar-refractivity contribution < 1.29 is 19.4 Å². The lowest BCUT2D eigenvalue weighted by Crippen LogP contribution is -2.35. The fraction of sp³-hybridized carbons (Fsp3) is 0.360. The van der Waals surface area contributed by atoms with E-state index in [4.69, 9.17) is 4.74 Å². The molecule has 3 rings (SSSR count). The second-order valence-electron chi connectivity index (χ2n) is 8.08. The fourth-order valence-corrected chi connectivity index (χ4v) is 3.62. The summed E-state index contributed by atoms with van der Waals surface area (Å²) in [7, 11) is 3.83. The molecule has 0 radical (unpaired) electrons. The summed E-state index contributed by atoms with van der Waals surface area (Å²) >= 11 is 0. The van der Waals surface area contributed by atoms with Gasteiger partial charge in [-0.2, -0.15) is 0 Å². The van der Waals surface area contributed by atoms with Gasteiger partial charge in [0.25, 0.3) is 11.7 Å². The molecule has 1 heterocycles. The van der Waals surface area contributed by atoms with Crippen molar-refractivity contribution in [1.82, 2.24) is 9.80 Å². The highest BCUT2D eigenvalue weighted by Crippen LogP contribution is 2.39. The SMILES string of the molecule is CCCOc1cccc(C(O)=C2C(=O)C(=O)N(CCN(C)C)C2c2ccc(C)cc2)c1. The molecule has 2 aromatic rings. The first-order valence-electron chi connectivity index (χ1n) is 10.6. The van der Waals surface area contributed by atoms with Crippen molar-refractivity contribution in [3.63, 3.8) is 0 Å². The molecule has 0 saturated carbocycles. The molecule has 1 atom stereocenters. The number of nitrogens with zero attached hydrogens (tertiary/aromatic N) is 2. The maximum Gasteiger partial charge on any atom is 0.295 e. The Hall–Kier alpha value is -3.12. The number of aryl methyl sites for hydroxylation is 1. The predicted octanol–water partition coefficient (Wildman–Crippen LogP) is 3.77. The van der Waals surface area contributed by atoms with Crippen molar-refractivity contribution in [3.05, 3.63) is 70.8 Å². The van der Waals surface area contributed by atoms with Crippen molar-refractivity contribution in [1.29, 1.82) is 0 Å². The second-order valence-corrected chi connectivity index (χ2v) is 8.08. The normalized spacial score (nSPS) is 18.1. The van der Waals surface area contributed by atoms with Crippen LogP contribution in [-0.4, -0.2) is 60.4 Å². The number of benzene rings is 2. The molecule has 6 heteroatoms. The van der Waals surface area contributed by atoms with Gasteiger partial charge in [0, 0.05) is 18.7 Å². The highest BCUT2D eigenvalue weighted by molar-refractivity contribution is 6.46. The van der Waals surface area contributed by atoms with E-state index < -0.39 is 17.7 Å². The number of amides is 1. The molecule has 1 amide bonds. The number of hydrogen-bond acceptors (Lipinski definition) is 5. The Balaban J connectivity index is 2.09. The van der Waals surface area contributed by atoms with Gasteiger partial charge in [-0.15, -0.1) is 0 Å². The van der Waals surface area contributed by atoms with Crippen LogP contribution in [0, 0.1) is 6.92 Å². The van der Waals surface area contributed by atoms with Crippen LogP contribution in [0.3, 0.4) is 0 Å². The molecule has 1 aliphatic heterocycles. The van der Waals surface area contributed by atoms with Gasteiger partial charge in [0.05, 0.1) is 18.2 Å². The smallest absolute Gasteiger partial charge is 0.295 e. The standard InChI is InChI=1S/C25H30N2O4/c1-5-15-31-20-8-6-7-19(16-20)23(28)21-22(18-11-9-17(2)10-12-18)27(14-13-26(3)4)25(30)24(21)29/h6-12,16,22,28H,5,13-15H2,1-4H3. The highest BCUT2D eigenvalue weighted by atomic mass is 16.5. The minimum absolute atomic E-state index is 0.111. The first-order chi connectivity index (χ1) is 14.8. The summed E-state index contributed by atoms with van der Waals surface area (Å²) < 4.78 is 5.67. The summed E-state index contributed by atoms with van der Waals surface area (Å²) in [6, 6.07) is 14.0. The first-order valence-corrected chi connectivity index (χ1v) is 10.6. The van der Waals surface area contributed by atoms with E-state index in [1.54, 1.807) is 29.2 Å². The van der Waals surface area contributed by atoms with E-state index in [0.29, 0.717) is 31.0 Å². The van der Waals surface area contributed by atoms with Crippen LogP contribution in [0.4, 0.5) is 0 Å². The molecule has 0 aromatic heterocycles. The van der Waals surface area contributed by atoms with Crippen LogP contribution in [0.15, 0.2) is 54.1 Å². The molecular formula is C25H30N2O4. The number of ketones is 1. The van der Waals surface area contributed by atoms with Gasteiger partial charge in [-0.1, -0.05) is 48.9 Å². The van der Waals surface area contributed by atoms with E-state index in [1.807, 2.05) is 57.1 Å². The van der Waals surface area contributed by atoms with E-state index in [-0.39, 0.29) is 11.3 Å². The first kappa shape index (κ1) is 22.6. The van der Waals surface area contributed by atoms with Gasteiger partial charge in [-0.25, -0.2) is 0 Å². The molecule has 1 fully saturated rings. The van der Waals surface area contributed by atoms with Gasteiger partial charge >= 0.3 is 0 Å². The molecule has 1 aliphatic rings. The van der Waals surface area contributed by atoms with Gasteiger partial charge in [0.1, 0.15) is 11.5 Å². The van der Waals surface area contributed by atoms with Crippen LogP contribution in [-0.2, 0) is 9.59 Å². The number of carbonyl (C=O) groups excluding carboxylic acids is 2. The molecule has 2 aromatic carbocycles. The van der Waals surface area contributed by atoms with Crippen molar-refractivity contribution in [2.75, 3.05) is 33.8 Å². The van der Waals surface area contributed by atoms with Crippen LogP contribution in [0.1, 0.15) is 36.1 Å². The minimum Gasteiger partial charge on any atom is -0.507 e. The Kier molecular flexibility index (Phi) is 7.13. The van der Waals surface area contributed by atoms with Crippen LogP contribution >= 0.6 is 0 Å². The lowest BCUT2D eigenvalue weighted by molar-refractivity contribution is -0.140. The average Bonchev–Trinajstić information content (AvgIpc) is 3.01. The molecule has 31 heavy (non-hydrogen) atoms. The summed E-state index contributed by atoms with van der Waals surface area (Å²) in [6.45, 7) is 5.54. The van der Waals surface area contributed by atoms with Crippen LogP contribution in [0.2, 0.25) is 0 Å².